The molecule has 0 fully saturated rings. The topological polar surface area (TPSA) is 12.0 Å². The summed E-state index contributed by atoms with van der Waals surface area (Å²) >= 11 is 0. The normalized spacial score (nSPS) is 12.7. The van der Waals surface area contributed by atoms with Crippen LogP contribution in [0.5, 0.6) is 0 Å². The maximum atomic E-state index is 13.0. The van der Waals surface area contributed by atoms with E-state index in [1.165, 1.54) is 12.1 Å². The van der Waals surface area contributed by atoms with E-state index in [2.05, 4.69) is 19.2 Å². The Morgan fingerprint density at radius 3 is 2.22 bits per heavy atom. The van der Waals surface area contributed by atoms with Crippen molar-refractivity contribution in [1.82, 2.24) is 5.32 Å². The van der Waals surface area contributed by atoms with Crippen LogP contribution in [0.4, 0.5) is 8.78 Å². The van der Waals surface area contributed by atoms with Crippen molar-refractivity contribution in [1.29, 1.82) is 0 Å². The van der Waals surface area contributed by atoms with Gasteiger partial charge in [0.1, 0.15) is 11.6 Å². The smallest absolute Gasteiger partial charge is 0.126 e. The third kappa shape index (κ3) is 5.58. The molecular weight excluding hydrogens is 232 g/mol. The van der Waals surface area contributed by atoms with E-state index in [1.807, 2.05) is 0 Å². The summed E-state index contributed by atoms with van der Waals surface area (Å²) in [6.07, 6.45) is 4.98. The largest absolute Gasteiger partial charge is 0.314 e. The highest BCUT2D eigenvalue weighted by Gasteiger charge is 2.08. The van der Waals surface area contributed by atoms with E-state index in [-0.39, 0.29) is 0 Å². The van der Waals surface area contributed by atoms with Crippen molar-refractivity contribution in [2.45, 2.75) is 52.0 Å². The Kier molecular flexibility index (Phi) is 6.88. The van der Waals surface area contributed by atoms with Crippen LogP contribution >= 0.6 is 0 Å². The van der Waals surface area contributed by atoms with Crippen LogP contribution in [0.2, 0.25) is 0 Å². The van der Waals surface area contributed by atoms with Gasteiger partial charge >= 0.3 is 0 Å². The average molecular weight is 255 g/mol. The summed E-state index contributed by atoms with van der Waals surface area (Å²) in [7, 11) is 0. The van der Waals surface area contributed by atoms with Crippen LogP contribution in [0.15, 0.2) is 18.2 Å². The lowest BCUT2D eigenvalue weighted by molar-refractivity contribution is 0.448. The molecule has 1 aromatic rings. The zero-order valence-electron chi connectivity index (χ0n) is 11.3. The molecule has 0 aliphatic heterocycles. The molecule has 0 saturated carbocycles. The minimum absolute atomic E-state index is 0.446. The summed E-state index contributed by atoms with van der Waals surface area (Å²) in [5.74, 6) is -0.975. The maximum Gasteiger partial charge on any atom is 0.126 e. The van der Waals surface area contributed by atoms with Gasteiger partial charge in [-0.05, 0) is 49.9 Å². The number of rotatable bonds is 8. The Morgan fingerprint density at radius 2 is 1.67 bits per heavy atom. The quantitative estimate of drug-likeness (QED) is 0.738. The number of hydrogen-bond acceptors (Lipinski definition) is 1. The minimum Gasteiger partial charge on any atom is -0.314 e. The lowest BCUT2D eigenvalue weighted by Crippen LogP contribution is -2.30. The summed E-state index contributed by atoms with van der Waals surface area (Å²) in [4.78, 5) is 0. The van der Waals surface area contributed by atoms with Gasteiger partial charge < -0.3 is 5.32 Å². The summed E-state index contributed by atoms with van der Waals surface area (Å²) in [6.45, 7) is 5.29. The first-order chi connectivity index (χ1) is 8.65. The lowest BCUT2D eigenvalue weighted by atomic mass is 10.0. The van der Waals surface area contributed by atoms with Crippen molar-refractivity contribution in [2.24, 2.45) is 0 Å². The molecule has 0 aliphatic rings. The molecular formula is C15H23F2N. The molecule has 18 heavy (non-hydrogen) atoms. The molecule has 1 unspecified atom stereocenters. The molecule has 1 aromatic carbocycles. The molecule has 0 radical (unpaired) electrons. The molecule has 1 atom stereocenters. The van der Waals surface area contributed by atoms with Gasteiger partial charge in [-0.25, -0.2) is 8.78 Å². The van der Waals surface area contributed by atoms with Crippen LogP contribution in [-0.2, 0) is 6.42 Å². The highest BCUT2D eigenvalue weighted by Crippen LogP contribution is 2.12. The van der Waals surface area contributed by atoms with E-state index >= 15 is 0 Å². The zero-order valence-corrected chi connectivity index (χ0v) is 11.3. The van der Waals surface area contributed by atoms with E-state index in [0.717, 1.165) is 50.3 Å². The molecule has 1 rings (SSSR count). The summed E-state index contributed by atoms with van der Waals surface area (Å²) < 4.78 is 26.1. The Bertz CT molecular complexity index is 332. The van der Waals surface area contributed by atoms with Gasteiger partial charge in [0.05, 0.1) is 0 Å². The van der Waals surface area contributed by atoms with Gasteiger partial charge in [0.25, 0.3) is 0 Å². The van der Waals surface area contributed by atoms with E-state index in [1.54, 1.807) is 0 Å². The monoisotopic (exact) mass is 255 g/mol. The van der Waals surface area contributed by atoms with E-state index in [0.29, 0.717) is 6.04 Å². The van der Waals surface area contributed by atoms with Gasteiger partial charge in [0.15, 0.2) is 0 Å². The van der Waals surface area contributed by atoms with Crippen LogP contribution in [0, 0.1) is 11.6 Å². The van der Waals surface area contributed by atoms with Crippen LogP contribution in [0.1, 0.15) is 45.1 Å². The predicted octanol–water partition coefficient (Wildman–Crippen LogP) is 4.07. The number of benzene rings is 1. The predicted molar refractivity (Wildman–Crippen MR) is 71.7 cm³/mol. The highest BCUT2D eigenvalue weighted by molar-refractivity contribution is 5.18. The fourth-order valence-corrected chi connectivity index (χ4v) is 2.14. The van der Waals surface area contributed by atoms with Crippen molar-refractivity contribution in [3.05, 3.63) is 35.4 Å². The fourth-order valence-electron chi connectivity index (χ4n) is 2.14. The first-order valence-corrected chi connectivity index (χ1v) is 6.84. The Balaban J connectivity index is 2.49. The van der Waals surface area contributed by atoms with Crippen molar-refractivity contribution in [3.63, 3.8) is 0 Å². The van der Waals surface area contributed by atoms with Crippen molar-refractivity contribution >= 4 is 0 Å². The van der Waals surface area contributed by atoms with Crippen LogP contribution in [-0.4, -0.2) is 12.6 Å². The number of halogens is 2. The third-order valence-electron chi connectivity index (χ3n) is 3.02. The molecule has 102 valence electrons. The summed E-state index contributed by atoms with van der Waals surface area (Å²) in [5.41, 5.74) is 0.743. The Labute approximate surface area is 109 Å². The first kappa shape index (κ1) is 15.1. The van der Waals surface area contributed by atoms with Gasteiger partial charge in [0.2, 0.25) is 0 Å². The van der Waals surface area contributed by atoms with E-state index in [9.17, 15) is 8.78 Å². The molecule has 0 amide bonds. The molecule has 0 aliphatic carbocycles. The summed E-state index contributed by atoms with van der Waals surface area (Å²) in [6, 6.07) is 4.21. The number of nitrogens with one attached hydrogen (secondary N) is 1. The molecule has 0 bridgehead atoms. The molecule has 1 N–H and O–H groups in total. The maximum absolute atomic E-state index is 13.0. The molecule has 0 saturated heterocycles. The van der Waals surface area contributed by atoms with Crippen molar-refractivity contribution in [3.8, 4) is 0 Å². The first-order valence-electron chi connectivity index (χ1n) is 6.84. The second-order valence-electron chi connectivity index (χ2n) is 4.76. The van der Waals surface area contributed by atoms with Gasteiger partial charge in [-0.3, -0.25) is 0 Å². The number of aryl methyl sites for hydroxylation is 1. The van der Waals surface area contributed by atoms with Crippen LogP contribution < -0.4 is 5.32 Å². The van der Waals surface area contributed by atoms with E-state index in [4.69, 9.17) is 0 Å². The molecule has 3 heteroatoms. The van der Waals surface area contributed by atoms with Crippen LogP contribution in [0.25, 0.3) is 0 Å². The SMILES string of the molecule is CCCNC(CCC)CCc1cc(F)cc(F)c1. The summed E-state index contributed by atoms with van der Waals surface area (Å²) in [5, 5.41) is 3.48. The highest BCUT2D eigenvalue weighted by atomic mass is 19.1. The second-order valence-corrected chi connectivity index (χ2v) is 4.76. The Hall–Kier alpha value is -0.960. The van der Waals surface area contributed by atoms with Crippen molar-refractivity contribution in [2.75, 3.05) is 6.54 Å². The average Bonchev–Trinajstić information content (AvgIpc) is 2.31. The third-order valence-corrected chi connectivity index (χ3v) is 3.02. The van der Waals surface area contributed by atoms with Gasteiger partial charge in [0, 0.05) is 12.1 Å². The molecule has 0 aromatic heterocycles. The lowest BCUT2D eigenvalue weighted by Gasteiger charge is -2.17. The molecule has 1 nitrogen and oxygen atoms in total. The van der Waals surface area contributed by atoms with Crippen LogP contribution in [0.3, 0.4) is 0 Å². The fraction of sp³-hybridized carbons (Fsp3) is 0.600. The standard InChI is InChI=1S/C15H23F2N/c1-3-5-15(18-8-4-2)7-6-12-9-13(16)11-14(17)10-12/h9-11,15,18H,3-8H2,1-2H3. The zero-order chi connectivity index (χ0) is 13.4. The molecule has 0 spiro atoms. The minimum atomic E-state index is -0.487. The number of hydrogen-bond donors (Lipinski definition) is 1. The second kappa shape index (κ2) is 8.20. The van der Waals surface area contributed by atoms with Gasteiger partial charge in [-0.1, -0.05) is 20.3 Å². The van der Waals surface area contributed by atoms with Gasteiger partial charge in [-0.2, -0.15) is 0 Å². The van der Waals surface area contributed by atoms with Crippen molar-refractivity contribution < 1.29 is 8.78 Å². The molecule has 0 heterocycles. The van der Waals surface area contributed by atoms with Gasteiger partial charge in [-0.15, -0.1) is 0 Å². The van der Waals surface area contributed by atoms with E-state index < -0.39 is 11.6 Å². The Morgan fingerprint density at radius 1 is 1.00 bits per heavy atom.